The fourth-order valence-electron chi connectivity index (χ4n) is 4.35. The van der Waals surface area contributed by atoms with Gasteiger partial charge in [-0.1, -0.05) is 18.2 Å². The molecule has 0 radical (unpaired) electrons. The number of alkyl halides is 3. The van der Waals surface area contributed by atoms with E-state index in [0.717, 1.165) is 50.4 Å². The van der Waals surface area contributed by atoms with Crippen molar-refractivity contribution in [2.24, 2.45) is 0 Å². The first-order valence-electron chi connectivity index (χ1n) is 11.9. The second kappa shape index (κ2) is 10.3. The summed E-state index contributed by atoms with van der Waals surface area (Å²) in [7, 11) is 0. The van der Waals surface area contributed by atoms with E-state index in [1.165, 1.54) is 18.2 Å². The number of Topliss-reactive ketones (excluding diaryl/α,β-unsaturated/α-hetero) is 1. The van der Waals surface area contributed by atoms with Crippen molar-refractivity contribution in [3.63, 3.8) is 0 Å². The van der Waals surface area contributed by atoms with Crippen LogP contribution in [0.1, 0.15) is 37.4 Å². The number of piperazine rings is 1. The van der Waals surface area contributed by atoms with E-state index in [1.807, 2.05) is 0 Å². The van der Waals surface area contributed by atoms with E-state index in [9.17, 15) is 27.2 Å². The number of rotatable bonds is 6. The zero-order chi connectivity index (χ0) is 26.9. The Morgan fingerprint density at radius 3 is 2.45 bits per heavy atom. The molecule has 0 bridgehead atoms. The molecule has 0 saturated carbocycles. The largest absolute Gasteiger partial charge is 0.416 e. The first-order valence-corrected chi connectivity index (χ1v) is 11.9. The molecule has 0 aliphatic carbocycles. The van der Waals surface area contributed by atoms with Crippen LogP contribution in [0.3, 0.4) is 0 Å². The van der Waals surface area contributed by atoms with Crippen LogP contribution in [0.4, 0.5) is 23.4 Å². The molecular weight excluding hydrogens is 500 g/mol. The van der Waals surface area contributed by atoms with E-state index in [2.05, 4.69) is 20.2 Å². The highest BCUT2D eigenvalue weighted by molar-refractivity contribution is 6.10. The molecular formula is C28H22F4N4O2. The smallest absolute Gasteiger partial charge is 0.353 e. The summed E-state index contributed by atoms with van der Waals surface area (Å²) in [6.45, 7) is 3.23. The van der Waals surface area contributed by atoms with Crippen molar-refractivity contribution < 1.29 is 27.2 Å². The quantitative estimate of drug-likeness (QED) is 0.288. The van der Waals surface area contributed by atoms with Gasteiger partial charge < -0.3 is 10.2 Å². The Balaban J connectivity index is 1.35. The maximum Gasteiger partial charge on any atom is 0.416 e. The molecule has 1 saturated heterocycles. The summed E-state index contributed by atoms with van der Waals surface area (Å²) < 4.78 is 53.8. The minimum atomic E-state index is -4.58. The van der Waals surface area contributed by atoms with Gasteiger partial charge in [-0.25, -0.2) is 9.37 Å². The topological polar surface area (TPSA) is 75.2 Å². The normalized spacial score (nSPS) is 14.1. The van der Waals surface area contributed by atoms with Crippen LogP contribution in [0.2, 0.25) is 0 Å². The fraction of sp³-hybridized carbons (Fsp3) is 0.214. The molecule has 1 fully saturated rings. The number of halogens is 4. The zero-order valence-electron chi connectivity index (χ0n) is 20.1. The van der Waals surface area contributed by atoms with E-state index in [0.29, 0.717) is 16.9 Å². The third-order valence-electron chi connectivity index (χ3n) is 6.39. The molecule has 3 aromatic carbocycles. The molecule has 10 heteroatoms. The van der Waals surface area contributed by atoms with Crippen LogP contribution in [-0.2, 0) is 12.6 Å². The lowest BCUT2D eigenvalue weighted by Crippen LogP contribution is -2.43. The van der Waals surface area contributed by atoms with Gasteiger partial charge in [-0.15, -0.1) is 0 Å². The third-order valence-corrected chi connectivity index (χ3v) is 6.39. The molecule has 2 heterocycles. The van der Waals surface area contributed by atoms with Gasteiger partial charge in [0, 0.05) is 43.7 Å². The maximum absolute atomic E-state index is 15.0. The van der Waals surface area contributed by atoms with Crippen LogP contribution in [0.5, 0.6) is 0 Å². The number of nitrogens with zero attached hydrogens (tertiary/aromatic N) is 3. The molecule has 0 unspecified atom stereocenters. The molecule has 5 rings (SSSR count). The highest BCUT2D eigenvalue weighted by Gasteiger charge is 2.31. The van der Waals surface area contributed by atoms with Crippen LogP contribution in [0.25, 0.3) is 11.0 Å². The van der Waals surface area contributed by atoms with Gasteiger partial charge in [0.15, 0.2) is 11.6 Å². The molecule has 1 aliphatic heterocycles. The highest BCUT2D eigenvalue weighted by atomic mass is 19.4. The average Bonchev–Trinajstić information content (AvgIpc) is 2.92. The van der Waals surface area contributed by atoms with Crippen LogP contribution < -0.4 is 10.2 Å². The van der Waals surface area contributed by atoms with E-state index in [4.69, 9.17) is 0 Å². The van der Waals surface area contributed by atoms with Crippen molar-refractivity contribution in [2.45, 2.75) is 12.6 Å². The van der Waals surface area contributed by atoms with Crippen molar-refractivity contribution in [3.8, 4) is 0 Å². The van der Waals surface area contributed by atoms with Gasteiger partial charge in [0.2, 0.25) is 0 Å². The second-order valence-electron chi connectivity index (χ2n) is 8.99. The number of aromatic nitrogens is 2. The van der Waals surface area contributed by atoms with E-state index < -0.39 is 29.1 Å². The van der Waals surface area contributed by atoms with Crippen molar-refractivity contribution in [3.05, 3.63) is 100 Å². The SMILES string of the molecule is O=C(Cc1ccc(C(=O)c2ccc3ncc(N4CCNCC4)nc3c2)c(F)c1)c1cccc(C(F)(F)F)c1. The van der Waals surface area contributed by atoms with Crippen molar-refractivity contribution in [1.29, 1.82) is 0 Å². The molecule has 194 valence electrons. The molecule has 38 heavy (non-hydrogen) atoms. The Morgan fingerprint density at radius 2 is 1.71 bits per heavy atom. The van der Waals surface area contributed by atoms with Crippen LogP contribution in [-0.4, -0.2) is 47.7 Å². The third kappa shape index (κ3) is 5.40. The number of benzene rings is 3. The predicted molar refractivity (Wildman–Crippen MR) is 134 cm³/mol. The number of carbonyl (C=O) groups is 2. The standard InChI is InChI=1S/C28H22F4N4O2/c29-22-12-17(13-25(37)18-2-1-3-20(14-18)28(30,31)32)4-6-21(22)27(38)19-5-7-23-24(15-19)35-26(16-34-23)36-10-8-33-9-11-36/h1-7,12,14-16,33H,8-11,13H2. The summed E-state index contributed by atoms with van der Waals surface area (Å²) in [6.07, 6.45) is -3.20. The minimum Gasteiger partial charge on any atom is -0.353 e. The van der Waals surface area contributed by atoms with Crippen molar-refractivity contribution in [2.75, 3.05) is 31.1 Å². The van der Waals surface area contributed by atoms with Gasteiger partial charge in [-0.05, 0) is 48.0 Å². The lowest BCUT2D eigenvalue weighted by molar-refractivity contribution is -0.137. The van der Waals surface area contributed by atoms with Crippen molar-refractivity contribution >= 4 is 28.4 Å². The number of ketones is 2. The minimum absolute atomic E-state index is 0.127. The Labute approximate surface area is 215 Å². The predicted octanol–water partition coefficient (Wildman–Crippen LogP) is 4.85. The summed E-state index contributed by atoms with van der Waals surface area (Å²) in [5.41, 5.74) is 0.335. The van der Waals surface area contributed by atoms with Gasteiger partial charge in [0.1, 0.15) is 11.6 Å². The summed E-state index contributed by atoms with van der Waals surface area (Å²) in [4.78, 5) is 36.8. The number of nitrogens with one attached hydrogen (secondary N) is 1. The molecule has 0 atom stereocenters. The average molecular weight is 523 g/mol. The molecule has 6 nitrogen and oxygen atoms in total. The Bertz CT molecular complexity index is 1530. The summed E-state index contributed by atoms with van der Waals surface area (Å²) in [6, 6.07) is 12.6. The van der Waals surface area contributed by atoms with Crippen LogP contribution in [0.15, 0.2) is 66.9 Å². The first kappa shape index (κ1) is 25.5. The van der Waals surface area contributed by atoms with Gasteiger partial charge in [0.25, 0.3) is 0 Å². The Kier molecular flexibility index (Phi) is 6.90. The maximum atomic E-state index is 15.0. The van der Waals surface area contributed by atoms with Crippen molar-refractivity contribution in [1.82, 2.24) is 15.3 Å². The number of hydrogen-bond acceptors (Lipinski definition) is 6. The van der Waals surface area contributed by atoms with E-state index >= 15 is 0 Å². The fourth-order valence-corrected chi connectivity index (χ4v) is 4.35. The van der Waals surface area contributed by atoms with Gasteiger partial charge in [-0.3, -0.25) is 14.6 Å². The summed E-state index contributed by atoms with van der Waals surface area (Å²) >= 11 is 0. The van der Waals surface area contributed by atoms with E-state index in [-0.39, 0.29) is 28.7 Å². The van der Waals surface area contributed by atoms with E-state index in [1.54, 1.807) is 24.4 Å². The number of anilines is 1. The van der Waals surface area contributed by atoms with Crippen LogP contribution in [0, 0.1) is 5.82 Å². The Hall–Kier alpha value is -4.18. The highest BCUT2D eigenvalue weighted by Crippen LogP contribution is 2.30. The molecule has 1 aliphatic rings. The number of hydrogen-bond donors (Lipinski definition) is 1. The monoisotopic (exact) mass is 522 g/mol. The molecule has 4 aromatic rings. The molecule has 0 spiro atoms. The summed E-state index contributed by atoms with van der Waals surface area (Å²) in [5, 5.41) is 3.27. The molecule has 1 N–H and O–H groups in total. The van der Waals surface area contributed by atoms with Gasteiger partial charge in [-0.2, -0.15) is 13.2 Å². The lowest BCUT2D eigenvalue weighted by Gasteiger charge is -2.28. The zero-order valence-corrected chi connectivity index (χ0v) is 20.1. The van der Waals surface area contributed by atoms with Gasteiger partial charge in [0.05, 0.1) is 28.4 Å². The van der Waals surface area contributed by atoms with Gasteiger partial charge >= 0.3 is 6.18 Å². The number of fused-ring (bicyclic) bond motifs is 1. The molecule has 0 amide bonds. The second-order valence-corrected chi connectivity index (χ2v) is 8.99. The summed E-state index contributed by atoms with van der Waals surface area (Å²) in [5.74, 6) is -1.29. The lowest BCUT2D eigenvalue weighted by atomic mass is 9.97. The molecule has 1 aromatic heterocycles. The first-order chi connectivity index (χ1) is 18.2. The Morgan fingerprint density at radius 1 is 0.921 bits per heavy atom. The number of carbonyl (C=O) groups excluding carboxylic acids is 2. The van der Waals surface area contributed by atoms with Crippen LogP contribution >= 0.6 is 0 Å².